The number of aromatic nitrogens is 1. The number of aryl methyl sites for hydroxylation is 1. The molecule has 0 bridgehead atoms. The second-order valence-corrected chi connectivity index (χ2v) is 11.1. The number of alkyl carbamates (subject to hydrolysis) is 1. The smallest absolute Gasteiger partial charge is 0.407 e. The molecule has 4 rings (SSSR count). The van der Waals surface area contributed by atoms with Crippen molar-refractivity contribution < 1.29 is 23.8 Å². The van der Waals surface area contributed by atoms with Gasteiger partial charge in [-0.2, -0.15) is 0 Å². The Labute approximate surface area is 219 Å². The Morgan fingerprint density at radius 2 is 1.97 bits per heavy atom. The van der Waals surface area contributed by atoms with E-state index in [1.807, 2.05) is 32.9 Å². The van der Waals surface area contributed by atoms with Crippen molar-refractivity contribution >= 4 is 17.8 Å². The first kappa shape index (κ1) is 27.1. The zero-order chi connectivity index (χ0) is 26.5. The lowest BCUT2D eigenvalue weighted by molar-refractivity contribution is -0.119. The van der Waals surface area contributed by atoms with Crippen LogP contribution in [-0.4, -0.2) is 48.4 Å². The molecule has 1 saturated carbocycles. The Morgan fingerprint density at radius 3 is 2.76 bits per heavy atom. The maximum atomic E-state index is 12.5. The number of amides is 2. The minimum absolute atomic E-state index is 0.0123. The van der Waals surface area contributed by atoms with Crippen LogP contribution >= 0.6 is 0 Å². The van der Waals surface area contributed by atoms with Gasteiger partial charge in [0.25, 0.3) is 5.91 Å². The van der Waals surface area contributed by atoms with Gasteiger partial charge in [-0.25, -0.2) is 9.78 Å². The molecule has 2 aromatic rings. The van der Waals surface area contributed by atoms with Crippen molar-refractivity contribution in [1.29, 1.82) is 0 Å². The molecular weight excluding hydrogens is 470 g/mol. The van der Waals surface area contributed by atoms with E-state index in [0.29, 0.717) is 12.4 Å². The molecule has 2 aliphatic rings. The highest BCUT2D eigenvalue weighted by Crippen LogP contribution is 2.54. The van der Waals surface area contributed by atoms with Crippen molar-refractivity contribution in [2.75, 3.05) is 19.0 Å². The minimum Gasteiger partial charge on any atom is -0.444 e. The number of benzene rings is 1. The van der Waals surface area contributed by atoms with E-state index in [-0.39, 0.29) is 36.2 Å². The first-order valence-electron chi connectivity index (χ1n) is 13.1. The Morgan fingerprint density at radius 1 is 1.16 bits per heavy atom. The summed E-state index contributed by atoms with van der Waals surface area (Å²) in [6.45, 7) is 6.09. The van der Waals surface area contributed by atoms with Crippen molar-refractivity contribution in [2.24, 2.45) is 0 Å². The molecular formula is C29H39N3O5. The Bertz CT molecular complexity index is 1100. The zero-order valence-corrected chi connectivity index (χ0v) is 22.3. The molecule has 0 saturated heterocycles. The van der Waals surface area contributed by atoms with Gasteiger partial charge in [-0.05, 0) is 88.1 Å². The number of carbonyl (C=O) groups excluding carboxylic acids is 2. The normalized spacial score (nSPS) is 23.2. The lowest BCUT2D eigenvalue weighted by atomic mass is 9.86. The van der Waals surface area contributed by atoms with Gasteiger partial charge in [-0.3, -0.25) is 4.79 Å². The molecule has 1 aromatic carbocycles. The number of rotatable bonds is 7. The molecule has 3 atom stereocenters. The van der Waals surface area contributed by atoms with E-state index in [2.05, 4.69) is 39.9 Å². The molecule has 2 N–H and O–H groups in total. The number of methoxy groups -OCH3 is 1. The third-order valence-electron chi connectivity index (χ3n) is 7.06. The third-order valence-corrected chi connectivity index (χ3v) is 7.06. The lowest BCUT2D eigenvalue weighted by Gasteiger charge is -2.23. The molecule has 8 nitrogen and oxygen atoms in total. The predicted octanol–water partition coefficient (Wildman–Crippen LogP) is 4.90. The van der Waals surface area contributed by atoms with Crippen LogP contribution in [0.2, 0.25) is 0 Å². The van der Waals surface area contributed by atoms with E-state index in [1.165, 1.54) is 18.2 Å². The van der Waals surface area contributed by atoms with Crippen molar-refractivity contribution in [3.8, 4) is 0 Å². The first-order chi connectivity index (χ1) is 17.7. The zero-order valence-electron chi connectivity index (χ0n) is 22.3. The van der Waals surface area contributed by atoms with Crippen LogP contribution < -0.4 is 10.6 Å². The molecule has 0 radical (unpaired) electrons. The number of pyridine rings is 1. The number of hydrogen-bond donors (Lipinski definition) is 2. The molecule has 1 fully saturated rings. The highest BCUT2D eigenvalue weighted by molar-refractivity contribution is 5.90. The second-order valence-electron chi connectivity index (χ2n) is 11.1. The van der Waals surface area contributed by atoms with Gasteiger partial charge in [0.05, 0.1) is 12.7 Å². The topological polar surface area (TPSA) is 98.8 Å². The number of fused-ring (bicyclic) bond motifs is 2. The number of anilines is 1. The summed E-state index contributed by atoms with van der Waals surface area (Å²) in [6.07, 6.45) is 7.21. The Balaban J connectivity index is 1.38. The SMILES string of the molecule is COCC(=O)Nc1cc(COC2CCCC3(CC3NC(=O)OC(C)(C)C)c3ccccc3CC2)ccn1. The Kier molecular flexibility index (Phi) is 8.49. The van der Waals surface area contributed by atoms with Crippen LogP contribution in [0.5, 0.6) is 0 Å². The van der Waals surface area contributed by atoms with Crippen molar-refractivity contribution in [1.82, 2.24) is 10.3 Å². The number of nitrogens with one attached hydrogen (secondary N) is 2. The lowest BCUT2D eigenvalue weighted by Crippen LogP contribution is -2.36. The summed E-state index contributed by atoms with van der Waals surface area (Å²) >= 11 is 0. The number of nitrogens with zero attached hydrogens (tertiary/aromatic N) is 1. The summed E-state index contributed by atoms with van der Waals surface area (Å²) in [4.78, 5) is 28.5. The van der Waals surface area contributed by atoms with Gasteiger partial charge in [0.1, 0.15) is 18.0 Å². The van der Waals surface area contributed by atoms with E-state index in [1.54, 1.807) is 6.20 Å². The quantitative estimate of drug-likeness (QED) is 0.551. The van der Waals surface area contributed by atoms with Gasteiger partial charge in [0.2, 0.25) is 0 Å². The summed E-state index contributed by atoms with van der Waals surface area (Å²) in [7, 11) is 1.48. The molecule has 1 heterocycles. The van der Waals surface area contributed by atoms with Gasteiger partial charge in [0, 0.05) is 24.8 Å². The molecule has 37 heavy (non-hydrogen) atoms. The van der Waals surface area contributed by atoms with Crippen molar-refractivity contribution in [3.05, 3.63) is 59.3 Å². The van der Waals surface area contributed by atoms with Gasteiger partial charge < -0.3 is 24.8 Å². The Hall–Kier alpha value is -2.97. The summed E-state index contributed by atoms with van der Waals surface area (Å²) in [5.41, 5.74) is 3.09. The molecule has 1 spiro atoms. The van der Waals surface area contributed by atoms with Crippen LogP contribution in [0.1, 0.15) is 69.6 Å². The summed E-state index contributed by atoms with van der Waals surface area (Å²) in [6, 6.07) is 12.5. The van der Waals surface area contributed by atoms with Crippen LogP contribution in [0.15, 0.2) is 42.6 Å². The van der Waals surface area contributed by atoms with Gasteiger partial charge in [-0.1, -0.05) is 24.3 Å². The van der Waals surface area contributed by atoms with E-state index in [9.17, 15) is 9.59 Å². The van der Waals surface area contributed by atoms with Crippen LogP contribution in [0.3, 0.4) is 0 Å². The maximum absolute atomic E-state index is 12.5. The van der Waals surface area contributed by atoms with Crippen LogP contribution in [0.25, 0.3) is 0 Å². The molecule has 8 heteroatoms. The molecule has 200 valence electrons. The van der Waals surface area contributed by atoms with E-state index < -0.39 is 5.60 Å². The summed E-state index contributed by atoms with van der Waals surface area (Å²) in [5, 5.41) is 5.86. The van der Waals surface area contributed by atoms with Crippen LogP contribution in [0.4, 0.5) is 10.6 Å². The maximum Gasteiger partial charge on any atom is 0.407 e. The van der Waals surface area contributed by atoms with Crippen molar-refractivity contribution in [2.45, 2.75) is 89.1 Å². The van der Waals surface area contributed by atoms with Gasteiger partial charge >= 0.3 is 6.09 Å². The fourth-order valence-corrected chi connectivity index (χ4v) is 5.31. The van der Waals surface area contributed by atoms with Crippen LogP contribution in [-0.2, 0) is 37.4 Å². The third kappa shape index (κ3) is 7.29. The molecule has 2 aliphatic carbocycles. The average molecular weight is 510 g/mol. The summed E-state index contributed by atoms with van der Waals surface area (Å²) in [5.74, 6) is 0.252. The first-order valence-corrected chi connectivity index (χ1v) is 13.1. The summed E-state index contributed by atoms with van der Waals surface area (Å²) < 4.78 is 16.7. The minimum atomic E-state index is -0.516. The van der Waals surface area contributed by atoms with Gasteiger partial charge in [0.15, 0.2) is 0 Å². The number of ether oxygens (including phenoxy) is 3. The number of hydrogen-bond acceptors (Lipinski definition) is 6. The molecule has 2 amide bonds. The largest absolute Gasteiger partial charge is 0.444 e. The van der Waals surface area contributed by atoms with Gasteiger partial charge in [-0.15, -0.1) is 0 Å². The molecule has 0 aliphatic heterocycles. The van der Waals surface area contributed by atoms with Crippen molar-refractivity contribution in [3.63, 3.8) is 0 Å². The average Bonchev–Trinajstić information content (AvgIpc) is 3.50. The van der Waals surface area contributed by atoms with E-state index in [0.717, 1.165) is 44.1 Å². The number of carbonyl (C=O) groups is 2. The van der Waals surface area contributed by atoms with E-state index >= 15 is 0 Å². The monoisotopic (exact) mass is 509 g/mol. The highest BCUT2D eigenvalue weighted by atomic mass is 16.6. The second kappa shape index (κ2) is 11.6. The van der Waals surface area contributed by atoms with E-state index in [4.69, 9.17) is 14.2 Å². The fraction of sp³-hybridized carbons (Fsp3) is 0.552. The fourth-order valence-electron chi connectivity index (χ4n) is 5.31. The van der Waals surface area contributed by atoms with Crippen LogP contribution in [0, 0.1) is 0 Å². The molecule has 3 unspecified atom stereocenters. The predicted molar refractivity (Wildman–Crippen MR) is 141 cm³/mol. The standard InChI is InChI=1S/C29H39N3O5/c1-28(2,3)37-27(34)31-24-17-29(24)14-7-9-22(12-11-21-8-5-6-10-23(21)29)36-18-20-13-15-30-25(16-20)32-26(33)19-35-4/h5-6,8,10,13,15-16,22,24H,7,9,11-12,14,17-19H2,1-4H3,(H,31,34)(H,30,32,33). The highest BCUT2D eigenvalue weighted by Gasteiger charge is 2.56. The molecule has 1 aromatic heterocycles.